The van der Waals surface area contributed by atoms with Crippen molar-refractivity contribution in [3.63, 3.8) is 0 Å². The van der Waals surface area contributed by atoms with Crippen molar-refractivity contribution < 1.29 is 19.1 Å². The zero-order valence-corrected chi connectivity index (χ0v) is 24.5. The summed E-state index contributed by atoms with van der Waals surface area (Å²) < 4.78 is 13.0. The first-order valence-corrected chi connectivity index (χ1v) is 14.6. The smallest absolute Gasteiger partial charge is 0.316 e. The van der Waals surface area contributed by atoms with Crippen molar-refractivity contribution >= 4 is 11.8 Å². The van der Waals surface area contributed by atoms with Gasteiger partial charge in [0, 0.05) is 30.2 Å². The summed E-state index contributed by atoms with van der Waals surface area (Å²) >= 11 is 0. The average Bonchev–Trinajstić information content (AvgIpc) is 2.81. The number of rotatable bonds is 12. The van der Waals surface area contributed by atoms with Gasteiger partial charge in [-0.25, -0.2) is 0 Å². The van der Waals surface area contributed by atoms with Gasteiger partial charge in [-0.05, 0) is 83.0 Å². The number of fused-ring (bicyclic) bond motifs is 3. The Morgan fingerprint density at radius 1 is 1.08 bits per heavy atom. The van der Waals surface area contributed by atoms with Crippen molar-refractivity contribution in [2.75, 3.05) is 6.54 Å². The van der Waals surface area contributed by atoms with E-state index in [1.165, 1.54) is 19.3 Å². The van der Waals surface area contributed by atoms with Crippen molar-refractivity contribution in [3.05, 3.63) is 23.3 Å². The number of carbonyl (C=O) groups excluding carboxylic acids is 2. The number of esters is 1. The van der Waals surface area contributed by atoms with Gasteiger partial charge in [0.05, 0.1) is 5.41 Å². The number of hydrogen-bond acceptors (Lipinski definition) is 5. The molecule has 5 heteroatoms. The monoisotopic (exact) mass is 513 g/mol. The van der Waals surface area contributed by atoms with E-state index in [-0.39, 0.29) is 34.6 Å². The summed E-state index contributed by atoms with van der Waals surface area (Å²) in [5.41, 5.74) is 6.62. The predicted molar refractivity (Wildman–Crippen MR) is 150 cm³/mol. The molecule has 0 saturated heterocycles. The molecular weight excluding hydrogens is 462 g/mol. The highest BCUT2D eigenvalue weighted by molar-refractivity contribution is 5.82. The SMILES string of the molecule is CCCCCCC(C)(C)c1cc(OC(=O)C(C)(C)CCCCN)c2c(c1)OC(C)(C)C1CCC(=O)CC21. The van der Waals surface area contributed by atoms with Crippen molar-refractivity contribution in [2.24, 2.45) is 17.1 Å². The minimum atomic E-state index is -0.621. The van der Waals surface area contributed by atoms with Gasteiger partial charge in [-0.15, -0.1) is 0 Å². The molecule has 1 aliphatic heterocycles. The maximum atomic E-state index is 13.5. The molecule has 1 saturated carbocycles. The van der Waals surface area contributed by atoms with Crippen LogP contribution in [0.2, 0.25) is 0 Å². The predicted octanol–water partition coefficient (Wildman–Crippen LogP) is 7.62. The highest BCUT2D eigenvalue weighted by Gasteiger charge is 2.48. The van der Waals surface area contributed by atoms with Crippen molar-refractivity contribution in [1.29, 1.82) is 0 Å². The lowest BCUT2D eigenvalue weighted by molar-refractivity contribution is -0.144. The van der Waals surface area contributed by atoms with Crippen LogP contribution in [0.5, 0.6) is 11.5 Å². The Morgan fingerprint density at radius 3 is 2.46 bits per heavy atom. The summed E-state index contributed by atoms with van der Waals surface area (Å²) in [7, 11) is 0. The molecule has 2 aliphatic rings. The fourth-order valence-corrected chi connectivity index (χ4v) is 6.22. The minimum Gasteiger partial charge on any atom is -0.487 e. The molecule has 37 heavy (non-hydrogen) atoms. The maximum Gasteiger partial charge on any atom is 0.316 e. The molecule has 2 unspecified atom stereocenters. The highest BCUT2D eigenvalue weighted by Crippen LogP contribution is 2.55. The number of hydrogen-bond donors (Lipinski definition) is 1. The second-order valence-electron chi connectivity index (χ2n) is 13.3. The standard InChI is InChI=1S/C32H51NO4/c1-8-9-10-11-16-30(2,3)22-19-26(36-29(35)31(4,5)17-12-13-18-33)28-24-21-23(34)14-15-25(24)32(6,7)37-27(28)20-22/h19-20,24-25H,8-18,21,33H2,1-7H3. The summed E-state index contributed by atoms with van der Waals surface area (Å²) in [6.45, 7) is 15.6. The average molecular weight is 514 g/mol. The van der Waals surface area contributed by atoms with E-state index in [1.54, 1.807) is 0 Å². The molecule has 2 N–H and O–H groups in total. The van der Waals surface area contributed by atoms with Crippen LogP contribution in [0, 0.1) is 11.3 Å². The van der Waals surface area contributed by atoms with E-state index < -0.39 is 5.41 Å². The first-order valence-electron chi connectivity index (χ1n) is 14.6. The Hall–Kier alpha value is -1.88. The lowest BCUT2D eigenvalue weighted by atomic mass is 9.66. The number of Topliss-reactive ketones (excluding diaryl/α,β-unsaturated/α-hetero) is 1. The van der Waals surface area contributed by atoms with Crippen LogP contribution in [-0.4, -0.2) is 23.9 Å². The molecule has 1 fully saturated rings. The molecule has 0 amide bonds. The molecule has 208 valence electrons. The molecular formula is C32H51NO4. The molecule has 1 aromatic carbocycles. The van der Waals surface area contributed by atoms with Crippen molar-refractivity contribution in [2.45, 2.75) is 136 Å². The lowest BCUT2D eigenvalue weighted by Gasteiger charge is -2.47. The molecule has 2 atom stereocenters. The van der Waals surface area contributed by atoms with Crippen LogP contribution in [0.25, 0.3) is 0 Å². The Labute approximate surface area is 225 Å². The minimum absolute atomic E-state index is 0.00451. The second kappa shape index (κ2) is 11.9. The summed E-state index contributed by atoms with van der Waals surface area (Å²) in [5, 5.41) is 0. The van der Waals surface area contributed by atoms with Gasteiger partial charge in [0.2, 0.25) is 0 Å². The number of ether oxygens (including phenoxy) is 2. The van der Waals surface area contributed by atoms with Crippen LogP contribution < -0.4 is 15.2 Å². The third kappa shape index (κ3) is 6.96. The molecule has 0 aromatic heterocycles. The Morgan fingerprint density at radius 2 is 1.78 bits per heavy atom. The van der Waals surface area contributed by atoms with Gasteiger partial charge < -0.3 is 15.2 Å². The van der Waals surface area contributed by atoms with Gasteiger partial charge in [-0.1, -0.05) is 52.9 Å². The Kier molecular flexibility index (Phi) is 9.53. The molecule has 1 heterocycles. The third-order valence-electron chi connectivity index (χ3n) is 8.86. The summed E-state index contributed by atoms with van der Waals surface area (Å²) in [6, 6.07) is 4.24. The summed E-state index contributed by atoms with van der Waals surface area (Å²) in [4.78, 5) is 26.1. The summed E-state index contributed by atoms with van der Waals surface area (Å²) in [5.74, 6) is 1.64. The quantitative estimate of drug-likeness (QED) is 0.177. The maximum absolute atomic E-state index is 13.5. The first-order chi connectivity index (χ1) is 17.3. The van der Waals surface area contributed by atoms with Gasteiger partial charge >= 0.3 is 5.97 Å². The fraction of sp³-hybridized carbons (Fsp3) is 0.750. The summed E-state index contributed by atoms with van der Waals surface area (Å²) in [6.07, 6.45) is 10.3. The van der Waals surface area contributed by atoms with Crippen LogP contribution >= 0.6 is 0 Å². The van der Waals surface area contributed by atoms with E-state index >= 15 is 0 Å². The molecule has 1 aromatic rings. The topological polar surface area (TPSA) is 78.6 Å². The Balaban J connectivity index is 2.03. The van der Waals surface area contributed by atoms with Crippen molar-refractivity contribution in [3.8, 4) is 11.5 Å². The van der Waals surface area contributed by atoms with Crippen LogP contribution in [0.15, 0.2) is 12.1 Å². The van der Waals surface area contributed by atoms with E-state index in [0.717, 1.165) is 55.4 Å². The lowest BCUT2D eigenvalue weighted by Crippen LogP contribution is -2.47. The number of benzene rings is 1. The Bertz CT molecular complexity index is 962. The van der Waals surface area contributed by atoms with Gasteiger partial charge in [0.1, 0.15) is 22.9 Å². The molecule has 5 nitrogen and oxygen atoms in total. The molecule has 0 radical (unpaired) electrons. The van der Waals surface area contributed by atoms with Crippen molar-refractivity contribution in [1.82, 2.24) is 0 Å². The zero-order chi connectivity index (χ0) is 27.4. The van der Waals surface area contributed by atoms with Crippen LogP contribution in [0.4, 0.5) is 0 Å². The second-order valence-corrected chi connectivity index (χ2v) is 13.3. The number of carbonyl (C=O) groups is 2. The van der Waals surface area contributed by atoms with E-state index in [9.17, 15) is 9.59 Å². The number of ketones is 1. The first kappa shape index (κ1) is 29.7. The van der Waals surface area contributed by atoms with Gasteiger partial charge in [0.25, 0.3) is 0 Å². The number of nitrogens with two attached hydrogens (primary N) is 1. The fourth-order valence-electron chi connectivity index (χ4n) is 6.22. The van der Waals surface area contributed by atoms with E-state index in [1.807, 2.05) is 13.8 Å². The van der Waals surface area contributed by atoms with Crippen LogP contribution in [0.3, 0.4) is 0 Å². The van der Waals surface area contributed by atoms with Gasteiger partial charge in [0.15, 0.2) is 0 Å². The molecule has 0 bridgehead atoms. The molecule has 3 rings (SSSR count). The van der Waals surface area contributed by atoms with Gasteiger partial charge in [-0.2, -0.15) is 0 Å². The van der Waals surface area contributed by atoms with Gasteiger partial charge in [-0.3, -0.25) is 9.59 Å². The third-order valence-corrected chi connectivity index (χ3v) is 8.86. The largest absolute Gasteiger partial charge is 0.487 e. The molecule has 1 aliphatic carbocycles. The van der Waals surface area contributed by atoms with E-state index in [0.29, 0.717) is 25.1 Å². The van der Waals surface area contributed by atoms with Crippen LogP contribution in [0.1, 0.15) is 136 Å². The molecule has 0 spiro atoms. The van der Waals surface area contributed by atoms with Crippen LogP contribution in [-0.2, 0) is 15.0 Å². The normalized spacial score (nSPS) is 21.1. The van der Waals surface area contributed by atoms with E-state index in [4.69, 9.17) is 15.2 Å². The number of unbranched alkanes of at least 4 members (excludes halogenated alkanes) is 4. The zero-order valence-electron chi connectivity index (χ0n) is 24.5. The highest BCUT2D eigenvalue weighted by atomic mass is 16.5. The van der Waals surface area contributed by atoms with E-state index in [2.05, 4.69) is 46.8 Å².